The van der Waals surface area contributed by atoms with Crippen molar-refractivity contribution >= 4 is 39.2 Å². The van der Waals surface area contributed by atoms with Crippen molar-refractivity contribution in [2.45, 2.75) is 37.6 Å². The molecule has 0 unspecified atom stereocenters. The number of thioether (sulfide) groups is 1. The summed E-state index contributed by atoms with van der Waals surface area (Å²) in [5.41, 5.74) is 1.38. The number of carbonyl (C=O) groups excluding carboxylic acids is 1. The highest BCUT2D eigenvalue weighted by Gasteiger charge is 2.22. The molecule has 114 valence electrons. The maximum absolute atomic E-state index is 11.8. The third kappa shape index (κ3) is 3.08. The SMILES string of the molecule is Cc1nc(SCC(=O)NCCC#N)c2c3c(sc2n1)CCC3. The summed E-state index contributed by atoms with van der Waals surface area (Å²) < 4.78 is 0. The number of fused-ring (bicyclic) bond motifs is 3. The highest BCUT2D eigenvalue weighted by atomic mass is 32.2. The number of nitrogens with zero attached hydrogens (tertiary/aromatic N) is 3. The second-order valence-electron chi connectivity index (χ2n) is 5.16. The van der Waals surface area contributed by atoms with Crippen LogP contribution in [0.15, 0.2) is 5.03 Å². The summed E-state index contributed by atoms with van der Waals surface area (Å²) in [6.45, 7) is 2.29. The van der Waals surface area contributed by atoms with Gasteiger partial charge in [-0.3, -0.25) is 4.79 Å². The van der Waals surface area contributed by atoms with Crippen LogP contribution in [0, 0.1) is 18.3 Å². The molecule has 0 aromatic carbocycles. The normalized spacial score (nSPS) is 13.1. The van der Waals surface area contributed by atoms with Crippen LogP contribution >= 0.6 is 23.1 Å². The molecule has 7 heteroatoms. The predicted molar refractivity (Wildman–Crippen MR) is 88.1 cm³/mol. The van der Waals surface area contributed by atoms with Crippen LogP contribution in [-0.2, 0) is 17.6 Å². The average molecular weight is 332 g/mol. The van der Waals surface area contributed by atoms with Gasteiger partial charge in [-0.05, 0) is 31.7 Å². The van der Waals surface area contributed by atoms with Gasteiger partial charge in [-0.25, -0.2) is 9.97 Å². The second kappa shape index (κ2) is 6.63. The van der Waals surface area contributed by atoms with Crippen LogP contribution in [0.5, 0.6) is 0 Å². The van der Waals surface area contributed by atoms with Crippen LogP contribution in [0.4, 0.5) is 0 Å². The number of hydrogen-bond acceptors (Lipinski definition) is 6. The first kappa shape index (κ1) is 15.3. The molecule has 0 aliphatic heterocycles. The van der Waals surface area contributed by atoms with Crippen molar-refractivity contribution in [1.82, 2.24) is 15.3 Å². The molecule has 0 saturated heterocycles. The smallest absolute Gasteiger partial charge is 0.230 e. The minimum atomic E-state index is -0.0588. The van der Waals surface area contributed by atoms with Gasteiger partial charge < -0.3 is 5.32 Å². The van der Waals surface area contributed by atoms with E-state index in [2.05, 4.69) is 15.3 Å². The quantitative estimate of drug-likeness (QED) is 0.517. The van der Waals surface area contributed by atoms with Crippen molar-refractivity contribution < 1.29 is 4.79 Å². The molecule has 0 radical (unpaired) electrons. The Bertz CT molecular complexity index is 763. The van der Waals surface area contributed by atoms with Gasteiger partial charge in [-0.15, -0.1) is 11.3 Å². The van der Waals surface area contributed by atoms with Crippen molar-refractivity contribution in [3.05, 3.63) is 16.3 Å². The lowest BCUT2D eigenvalue weighted by Gasteiger charge is -2.06. The first-order valence-corrected chi connectivity index (χ1v) is 9.04. The fraction of sp³-hybridized carbons (Fsp3) is 0.467. The van der Waals surface area contributed by atoms with Gasteiger partial charge in [0.05, 0.1) is 18.2 Å². The Morgan fingerprint density at radius 2 is 2.32 bits per heavy atom. The van der Waals surface area contributed by atoms with E-state index in [1.807, 2.05) is 13.0 Å². The fourth-order valence-electron chi connectivity index (χ4n) is 2.61. The zero-order chi connectivity index (χ0) is 15.5. The predicted octanol–water partition coefficient (Wildman–Crippen LogP) is 2.61. The van der Waals surface area contributed by atoms with Crippen molar-refractivity contribution in [2.24, 2.45) is 0 Å². The summed E-state index contributed by atoms with van der Waals surface area (Å²) in [5, 5.41) is 13.3. The molecule has 3 rings (SSSR count). The molecule has 0 fully saturated rings. The minimum absolute atomic E-state index is 0.0588. The Balaban J connectivity index is 1.78. The standard InChI is InChI=1S/C15H16N4OS2/c1-9-18-14(21-8-12(20)17-7-3-6-16)13-10-4-2-5-11(10)22-15(13)19-9/h2-5,7-8H2,1H3,(H,17,20). The van der Waals surface area contributed by atoms with Crippen LogP contribution in [0.3, 0.4) is 0 Å². The number of hydrogen-bond donors (Lipinski definition) is 1. The Kier molecular flexibility index (Phi) is 4.60. The number of nitrogens with one attached hydrogen (secondary N) is 1. The molecule has 0 bridgehead atoms. The molecule has 1 N–H and O–H groups in total. The molecule has 1 aliphatic carbocycles. The molecule has 0 atom stereocenters. The Hall–Kier alpha value is -1.65. The molecule has 1 amide bonds. The van der Waals surface area contributed by atoms with E-state index in [1.165, 1.54) is 28.6 Å². The molecule has 0 saturated carbocycles. The molecule has 2 aromatic rings. The summed E-state index contributed by atoms with van der Waals surface area (Å²) in [5.74, 6) is 1.01. The first-order valence-electron chi connectivity index (χ1n) is 7.24. The molecular weight excluding hydrogens is 316 g/mol. The van der Waals surface area contributed by atoms with E-state index in [9.17, 15) is 4.79 Å². The number of rotatable bonds is 5. The Morgan fingerprint density at radius 1 is 1.45 bits per heavy atom. The molecule has 22 heavy (non-hydrogen) atoms. The van der Waals surface area contributed by atoms with E-state index < -0.39 is 0 Å². The number of nitriles is 1. The molecule has 2 aromatic heterocycles. The van der Waals surface area contributed by atoms with Crippen LogP contribution in [-0.4, -0.2) is 28.2 Å². The zero-order valence-electron chi connectivity index (χ0n) is 12.3. The number of thiophene rings is 1. The summed E-state index contributed by atoms with van der Waals surface area (Å²) >= 11 is 3.23. The fourth-order valence-corrected chi connectivity index (χ4v) is 4.91. The van der Waals surface area contributed by atoms with Crippen LogP contribution < -0.4 is 5.32 Å². The van der Waals surface area contributed by atoms with E-state index >= 15 is 0 Å². The van der Waals surface area contributed by atoms with E-state index in [4.69, 9.17) is 5.26 Å². The van der Waals surface area contributed by atoms with Crippen molar-refractivity contribution in [3.8, 4) is 6.07 Å². The van der Waals surface area contributed by atoms with Crippen LogP contribution in [0.1, 0.15) is 29.1 Å². The van der Waals surface area contributed by atoms with Gasteiger partial charge in [-0.2, -0.15) is 5.26 Å². The lowest BCUT2D eigenvalue weighted by molar-refractivity contribution is -0.118. The van der Waals surface area contributed by atoms with Gasteiger partial charge in [0.1, 0.15) is 15.7 Å². The maximum atomic E-state index is 11.8. The monoisotopic (exact) mass is 332 g/mol. The van der Waals surface area contributed by atoms with E-state index in [0.29, 0.717) is 18.7 Å². The number of amides is 1. The van der Waals surface area contributed by atoms with E-state index in [1.54, 1.807) is 11.3 Å². The summed E-state index contributed by atoms with van der Waals surface area (Å²) in [6, 6.07) is 2.01. The second-order valence-corrected chi connectivity index (χ2v) is 7.21. The number of aryl methyl sites for hydroxylation is 3. The lowest BCUT2D eigenvalue weighted by Crippen LogP contribution is -2.25. The van der Waals surface area contributed by atoms with Crippen LogP contribution in [0.2, 0.25) is 0 Å². The van der Waals surface area contributed by atoms with Crippen molar-refractivity contribution in [2.75, 3.05) is 12.3 Å². The van der Waals surface area contributed by atoms with Crippen molar-refractivity contribution in [3.63, 3.8) is 0 Å². The van der Waals surface area contributed by atoms with Gasteiger partial charge in [0.15, 0.2) is 0 Å². The number of aromatic nitrogens is 2. The maximum Gasteiger partial charge on any atom is 0.230 e. The Labute approximate surface area is 137 Å². The molecule has 2 heterocycles. The van der Waals surface area contributed by atoms with E-state index in [-0.39, 0.29) is 5.91 Å². The minimum Gasteiger partial charge on any atom is -0.354 e. The van der Waals surface area contributed by atoms with Gasteiger partial charge in [0.2, 0.25) is 5.91 Å². The third-order valence-electron chi connectivity index (χ3n) is 3.54. The third-order valence-corrected chi connectivity index (χ3v) is 5.70. The molecule has 5 nitrogen and oxygen atoms in total. The van der Waals surface area contributed by atoms with Gasteiger partial charge in [0.25, 0.3) is 0 Å². The molecular formula is C15H16N4OS2. The van der Waals surface area contributed by atoms with Gasteiger partial charge in [-0.1, -0.05) is 11.8 Å². The number of carbonyl (C=O) groups is 1. The highest BCUT2D eigenvalue weighted by Crippen LogP contribution is 2.40. The lowest BCUT2D eigenvalue weighted by atomic mass is 10.2. The van der Waals surface area contributed by atoms with Gasteiger partial charge >= 0.3 is 0 Å². The summed E-state index contributed by atoms with van der Waals surface area (Å²) in [6.07, 6.45) is 3.76. The summed E-state index contributed by atoms with van der Waals surface area (Å²) in [4.78, 5) is 23.4. The highest BCUT2D eigenvalue weighted by molar-refractivity contribution is 8.00. The van der Waals surface area contributed by atoms with Crippen molar-refractivity contribution in [1.29, 1.82) is 5.26 Å². The first-order chi connectivity index (χ1) is 10.7. The summed E-state index contributed by atoms with van der Waals surface area (Å²) in [7, 11) is 0. The average Bonchev–Trinajstić information content (AvgIpc) is 3.05. The Morgan fingerprint density at radius 3 is 3.14 bits per heavy atom. The van der Waals surface area contributed by atoms with E-state index in [0.717, 1.165) is 33.9 Å². The molecule has 0 spiro atoms. The topological polar surface area (TPSA) is 78.7 Å². The largest absolute Gasteiger partial charge is 0.354 e. The zero-order valence-corrected chi connectivity index (χ0v) is 13.9. The van der Waals surface area contributed by atoms with Crippen LogP contribution in [0.25, 0.3) is 10.2 Å². The van der Waals surface area contributed by atoms with Gasteiger partial charge in [0, 0.05) is 16.8 Å². The molecule has 1 aliphatic rings.